The monoisotopic (exact) mass is 462 g/mol. The molecule has 0 bridgehead atoms. The fourth-order valence-corrected chi connectivity index (χ4v) is 5.16. The molecule has 0 aromatic heterocycles. The van der Waals surface area contributed by atoms with E-state index in [0.29, 0.717) is 12.8 Å². The van der Waals surface area contributed by atoms with Gasteiger partial charge >= 0.3 is 12.1 Å². The van der Waals surface area contributed by atoms with Gasteiger partial charge in [0.05, 0.1) is 0 Å². The van der Waals surface area contributed by atoms with Crippen LogP contribution < -0.4 is 5.32 Å². The van der Waals surface area contributed by atoms with Crippen LogP contribution in [0.2, 0.25) is 0 Å². The maximum atomic E-state index is 12.9. The molecule has 0 saturated heterocycles. The van der Waals surface area contributed by atoms with E-state index >= 15 is 0 Å². The van der Waals surface area contributed by atoms with E-state index in [1.54, 1.807) is 0 Å². The van der Waals surface area contributed by atoms with Crippen molar-refractivity contribution in [2.45, 2.75) is 37.6 Å². The number of carbonyl (C=O) groups is 3. The Morgan fingerprint density at radius 3 is 2.32 bits per heavy atom. The first-order chi connectivity index (χ1) is 16.5. The van der Waals surface area contributed by atoms with Crippen molar-refractivity contribution in [1.82, 2.24) is 10.2 Å². The number of carboxylic acid groups (broad SMARTS) is 1. The van der Waals surface area contributed by atoms with Crippen LogP contribution in [0, 0.1) is 5.92 Å². The molecule has 4 rings (SSSR count). The van der Waals surface area contributed by atoms with Crippen molar-refractivity contribution >= 4 is 18.0 Å². The van der Waals surface area contributed by atoms with Crippen molar-refractivity contribution < 1.29 is 24.2 Å². The van der Waals surface area contributed by atoms with Crippen LogP contribution in [0.3, 0.4) is 0 Å². The minimum absolute atomic E-state index is 0.0117. The summed E-state index contributed by atoms with van der Waals surface area (Å²) in [5.74, 6) is -1.60. The second-order valence-corrected chi connectivity index (χ2v) is 8.93. The van der Waals surface area contributed by atoms with E-state index in [0.717, 1.165) is 24.0 Å². The summed E-state index contributed by atoms with van der Waals surface area (Å²) < 4.78 is 5.64. The maximum absolute atomic E-state index is 12.9. The molecule has 2 aliphatic carbocycles. The minimum atomic E-state index is -1.06. The average molecular weight is 463 g/mol. The Kier molecular flexibility index (Phi) is 7.30. The number of amides is 2. The number of aliphatic carboxylic acids is 1. The van der Waals surface area contributed by atoms with Gasteiger partial charge in [-0.05, 0) is 41.5 Å². The first kappa shape index (κ1) is 23.5. The number of nitrogens with zero attached hydrogens (tertiary/aromatic N) is 1. The van der Waals surface area contributed by atoms with Crippen LogP contribution in [-0.2, 0) is 14.3 Å². The number of alkyl carbamates (subject to hydrolysis) is 1. The van der Waals surface area contributed by atoms with Crippen LogP contribution >= 0.6 is 0 Å². The summed E-state index contributed by atoms with van der Waals surface area (Å²) in [5, 5.41) is 12.0. The van der Waals surface area contributed by atoms with Gasteiger partial charge in [0.25, 0.3) is 0 Å². The Morgan fingerprint density at radius 1 is 1.06 bits per heavy atom. The molecule has 34 heavy (non-hydrogen) atoms. The first-order valence-corrected chi connectivity index (χ1v) is 11.7. The minimum Gasteiger partial charge on any atom is -0.480 e. The number of fused-ring (bicyclic) bond motifs is 3. The third kappa shape index (κ3) is 5.14. The van der Waals surface area contributed by atoms with E-state index in [1.165, 1.54) is 22.1 Å². The Hall–Kier alpha value is -3.61. The van der Waals surface area contributed by atoms with Crippen LogP contribution in [0.25, 0.3) is 11.1 Å². The number of carboxylic acids is 1. The molecule has 2 aliphatic rings. The second kappa shape index (κ2) is 10.5. The van der Waals surface area contributed by atoms with Gasteiger partial charge in [-0.2, -0.15) is 0 Å². The molecule has 0 spiro atoms. The van der Waals surface area contributed by atoms with Gasteiger partial charge in [-0.25, -0.2) is 4.79 Å². The van der Waals surface area contributed by atoms with Crippen LogP contribution in [0.15, 0.2) is 61.2 Å². The fraction of sp³-hybridized carbons (Fsp3) is 0.370. The van der Waals surface area contributed by atoms with E-state index in [2.05, 4.69) is 36.2 Å². The molecule has 2 amide bonds. The summed E-state index contributed by atoms with van der Waals surface area (Å²) in [6.45, 7) is 3.68. The molecule has 7 heteroatoms. The Labute approximate surface area is 199 Å². The number of hydrogen-bond donors (Lipinski definition) is 2. The highest BCUT2D eigenvalue weighted by Crippen LogP contribution is 2.44. The number of nitrogens with one attached hydrogen (secondary N) is 1. The van der Waals surface area contributed by atoms with Crippen molar-refractivity contribution in [2.24, 2.45) is 5.92 Å². The van der Waals surface area contributed by atoms with E-state index in [9.17, 15) is 14.4 Å². The van der Waals surface area contributed by atoms with Crippen molar-refractivity contribution in [2.75, 3.05) is 19.7 Å². The maximum Gasteiger partial charge on any atom is 0.407 e. The molecule has 0 heterocycles. The number of carbonyl (C=O) groups excluding carboxylic acids is 2. The normalized spacial score (nSPS) is 18.9. The lowest BCUT2D eigenvalue weighted by molar-refractivity contribution is -0.146. The smallest absolute Gasteiger partial charge is 0.407 e. The molecule has 2 aromatic carbocycles. The highest BCUT2D eigenvalue weighted by Gasteiger charge is 2.33. The Morgan fingerprint density at radius 2 is 1.71 bits per heavy atom. The molecule has 7 nitrogen and oxygen atoms in total. The van der Waals surface area contributed by atoms with Gasteiger partial charge in [0, 0.05) is 24.4 Å². The molecule has 2 aromatic rings. The van der Waals surface area contributed by atoms with E-state index in [-0.39, 0.29) is 43.5 Å². The zero-order chi connectivity index (χ0) is 24.1. The largest absolute Gasteiger partial charge is 0.480 e. The SMILES string of the molecule is C=CCN(CC(=O)O)C(=O)[C@H]1CCC[C@@H](NC(=O)OCC2c3ccccc3-c3ccccc32)C1. The van der Waals surface area contributed by atoms with Gasteiger partial charge in [-0.15, -0.1) is 6.58 Å². The third-order valence-electron chi connectivity index (χ3n) is 6.68. The van der Waals surface area contributed by atoms with Gasteiger partial charge in [0.15, 0.2) is 0 Å². The number of rotatable bonds is 8. The zero-order valence-electron chi connectivity index (χ0n) is 19.1. The molecular weight excluding hydrogens is 432 g/mol. The third-order valence-corrected chi connectivity index (χ3v) is 6.68. The summed E-state index contributed by atoms with van der Waals surface area (Å²) >= 11 is 0. The van der Waals surface area contributed by atoms with Crippen molar-refractivity contribution in [1.29, 1.82) is 0 Å². The van der Waals surface area contributed by atoms with Gasteiger partial charge < -0.3 is 20.1 Å². The number of hydrogen-bond acceptors (Lipinski definition) is 4. The zero-order valence-corrected chi connectivity index (χ0v) is 19.1. The Balaban J connectivity index is 1.34. The lowest BCUT2D eigenvalue weighted by atomic mass is 9.84. The van der Waals surface area contributed by atoms with Gasteiger partial charge in [-0.3, -0.25) is 9.59 Å². The second-order valence-electron chi connectivity index (χ2n) is 8.93. The lowest BCUT2D eigenvalue weighted by Gasteiger charge is -2.32. The van der Waals surface area contributed by atoms with Crippen LogP contribution in [0.1, 0.15) is 42.7 Å². The first-order valence-electron chi connectivity index (χ1n) is 11.7. The lowest BCUT2D eigenvalue weighted by Crippen LogP contribution is -2.45. The van der Waals surface area contributed by atoms with Crippen LogP contribution in [0.5, 0.6) is 0 Å². The summed E-state index contributed by atoms with van der Waals surface area (Å²) in [6.07, 6.45) is 3.71. The standard InChI is InChI=1S/C27H30N2O5/c1-2-14-29(16-25(30)31)26(32)18-8-7-9-19(15-18)28-27(33)34-17-24-22-12-5-3-10-20(22)21-11-4-6-13-23(21)24/h2-6,10-13,18-19,24H,1,7-9,14-17H2,(H,28,33)(H,30,31)/t18-,19+/m0/s1. The van der Waals surface area contributed by atoms with Crippen LogP contribution in [0.4, 0.5) is 4.79 Å². The molecule has 1 fully saturated rings. The quantitative estimate of drug-likeness (QED) is 0.574. The topological polar surface area (TPSA) is 95.9 Å². The van der Waals surface area contributed by atoms with Crippen molar-refractivity contribution in [3.63, 3.8) is 0 Å². The molecule has 0 unspecified atom stereocenters. The molecule has 2 atom stereocenters. The predicted octanol–water partition coefficient (Wildman–Crippen LogP) is 4.18. The molecule has 0 aliphatic heterocycles. The average Bonchev–Trinajstić information content (AvgIpc) is 3.16. The van der Waals surface area contributed by atoms with Crippen molar-refractivity contribution in [3.8, 4) is 11.1 Å². The molecular formula is C27H30N2O5. The molecule has 0 radical (unpaired) electrons. The van der Waals surface area contributed by atoms with Gasteiger partial charge in [-0.1, -0.05) is 61.0 Å². The summed E-state index contributed by atoms with van der Waals surface area (Å²) in [6, 6.07) is 16.2. The predicted molar refractivity (Wildman–Crippen MR) is 128 cm³/mol. The van der Waals surface area contributed by atoms with E-state index in [1.807, 2.05) is 24.3 Å². The van der Waals surface area contributed by atoms with Gasteiger partial charge in [0.2, 0.25) is 5.91 Å². The summed E-state index contributed by atoms with van der Waals surface area (Å²) in [7, 11) is 0. The molecule has 178 valence electrons. The summed E-state index contributed by atoms with van der Waals surface area (Å²) in [4.78, 5) is 37.9. The molecule has 1 saturated carbocycles. The summed E-state index contributed by atoms with van der Waals surface area (Å²) in [5.41, 5.74) is 4.65. The van der Waals surface area contributed by atoms with E-state index < -0.39 is 12.1 Å². The molecule has 2 N–H and O–H groups in total. The van der Waals surface area contributed by atoms with Crippen LogP contribution in [-0.4, -0.2) is 53.7 Å². The number of ether oxygens (including phenoxy) is 1. The fourth-order valence-electron chi connectivity index (χ4n) is 5.16. The number of benzene rings is 2. The van der Waals surface area contributed by atoms with E-state index in [4.69, 9.17) is 9.84 Å². The highest BCUT2D eigenvalue weighted by atomic mass is 16.5. The highest BCUT2D eigenvalue weighted by molar-refractivity contribution is 5.83. The Bertz CT molecular complexity index is 1040. The van der Waals surface area contributed by atoms with Gasteiger partial charge in [0.1, 0.15) is 13.2 Å². The van der Waals surface area contributed by atoms with Crippen molar-refractivity contribution in [3.05, 3.63) is 72.3 Å².